The smallest absolute Gasteiger partial charge is 0.324 e. The molecule has 0 N–H and O–H groups in total. The van der Waals surface area contributed by atoms with Gasteiger partial charge in [-0.05, 0) is 19.3 Å². The molecule has 0 bridgehead atoms. The number of ether oxygens (including phenoxy) is 1. The maximum atomic E-state index is 12.4. The number of hydrogen-bond donors (Lipinski definition) is 0. The second-order valence-electron chi connectivity index (χ2n) is 6.29. The Balaban J connectivity index is 2.17. The third kappa shape index (κ3) is 2.89. The van der Waals surface area contributed by atoms with Gasteiger partial charge in [0.05, 0.1) is 12.0 Å². The molecule has 2 rings (SSSR count). The third-order valence-corrected chi connectivity index (χ3v) is 4.31. The fourth-order valence-corrected chi connectivity index (χ4v) is 2.73. The molecule has 1 unspecified atom stereocenters. The molecule has 2 heterocycles. The molecule has 0 radical (unpaired) electrons. The van der Waals surface area contributed by atoms with Crippen molar-refractivity contribution in [1.82, 2.24) is 10.1 Å². The molecule has 0 saturated carbocycles. The number of carbonyl (C=O) groups is 1. The predicted octanol–water partition coefficient (Wildman–Crippen LogP) is 2.61. The van der Waals surface area contributed by atoms with Gasteiger partial charge >= 0.3 is 12.0 Å². The van der Waals surface area contributed by atoms with E-state index in [4.69, 9.17) is 9.26 Å². The fraction of sp³-hybridized carbons (Fsp3) is 0.800. The quantitative estimate of drug-likeness (QED) is 0.778. The Hall–Kier alpha value is -1.59. The Morgan fingerprint density at radius 2 is 2.14 bits per heavy atom. The van der Waals surface area contributed by atoms with Crippen molar-refractivity contribution in [3.63, 3.8) is 0 Å². The van der Waals surface area contributed by atoms with Crippen molar-refractivity contribution in [3.8, 4) is 0 Å². The van der Waals surface area contributed by atoms with Gasteiger partial charge in [0.2, 0.25) is 0 Å². The van der Waals surface area contributed by atoms with Crippen molar-refractivity contribution in [3.05, 3.63) is 5.82 Å². The van der Waals surface area contributed by atoms with Crippen LogP contribution in [0.4, 0.5) is 6.01 Å². The van der Waals surface area contributed by atoms with Crippen LogP contribution in [0.25, 0.3) is 0 Å². The molecule has 1 fully saturated rings. The van der Waals surface area contributed by atoms with Gasteiger partial charge in [-0.15, -0.1) is 0 Å². The van der Waals surface area contributed by atoms with Gasteiger partial charge in [-0.25, -0.2) is 0 Å². The van der Waals surface area contributed by atoms with Gasteiger partial charge in [-0.2, -0.15) is 4.98 Å². The first-order valence-electron chi connectivity index (χ1n) is 7.66. The van der Waals surface area contributed by atoms with Crippen molar-refractivity contribution in [2.24, 2.45) is 11.3 Å². The molecule has 0 spiro atoms. The first-order valence-corrected chi connectivity index (χ1v) is 7.66. The molecular weight excluding hydrogens is 270 g/mol. The first-order chi connectivity index (χ1) is 9.90. The second kappa shape index (κ2) is 6.03. The van der Waals surface area contributed by atoms with Crippen molar-refractivity contribution >= 4 is 12.0 Å². The van der Waals surface area contributed by atoms with E-state index in [0.717, 1.165) is 13.0 Å². The van der Waals surface area contributed by atoms with Crippen LogP contribution < -0.4 is 4.90 Å². The minimum Gasteiger partial charge on any atom is -0.466 e. The maximum absolute atomic E-state index is 12.4. The summed E-state index contributed by atoms with van der Waals surface area (Å²) in [6.45, 7) is 11.7. The Labute approximate surface area is 125 Å². The van der Waals surface area contributed by atoms with E-state index in [1.807, 2.05) is 25.7 Å². The summed E-state index contributed by atoms with van der Waals surface area (Å²) < 4.78 is 10.6. The molecule has 118 valence electrons. The summed E-state index contributed by atoms with van der Waals surface area (Å²) in [6.07, 6.45) is 0.753. The second-order valence-corrected chi connectivity index (χ2v) is 6.29. The van der Waals surface area contributed by atoms with Crippen LogP contribution in [0.5, 0.6) is 0 Å². The van der Waals surface area contributed by atoms with Gasteiger partial charge in [-0.3, -0.25) is 4.79 Å². The van der Waals surface area contributed by atoms with E-state index in [-0.39, 0.29) is 17.8 Å². The summed E-state index contributed by atoms with van der Waals surface area (Å²) in [5.41, 5.74) is -0.484. The minimum absolute atomic E-state index is 0.119. The minimum atomic E-state index is -0.484. The van der Waals surface area contributed by atoms with Crippen molar-refractivity contribution < 1.29 is 14.1 Å². The molecule has 0 aliphatic carbocycles. The summed E-state index contributed by atoms with van der Waals surface area (Å²) in [6, 6.07) is 0.505. The number of aromatic nitrogens is 2. The lowest BCUT2D eigenvalue weighted by atomic mass is 9.76. The van der Waals surface area contributed by atoms with Gasteiger partial charge in [0.25, 0.3) is 0 Å². The number of rotatable bonds is 5. The van der Waals surface area contributed by atoms with E-state index < -0.39 is 5.41 Å². The van der Waals surface area contributed by atoms with E-state index in [9.17, 15) is 4.79 Å². The zero-order valence-corrected chi connectivity index (χ0v) is 13.5. The van der Waals surface area contributed by atoms with E-state index in [2.05, 4.69) is 24.0 Å². The van der Waals surface area contributed by atoms with Crippen LogP contribution in [-0.2, 0) is 9.53 Å². The van der Waals surface area contributed by atoms with E-state index >= 15 is 0 Å². The maximum Gasteiger partial charge on any atom is 0.324 e. The molecule has 1 saturated heterocycles. The van der Waals surface area contributed by atoms with Gasteiger partial charge in [-0.1, -0.05) is 32.9 Å². The molecule has 6 nitrogen and oxygen atoms in total. The van der Waals surface area contributed by atoms with Gasteiger partial charge in [0.15, 0.2) is 5.82 Å². The predicted molar refractivity (Wildman–Crippen MR) is 79.1 cm³/mol. The standard InChI is InChI=1S/C15H25N3O3/c1-6-20-13(19)15(11(4)5)7-8-18(9-15)14-16-12(10(2)3)17-21-14/h10-11H,6-9H2,1-5H3. The van der Waals surface area contributed by atoms with Crippen LogP contribution in [0.3, 0.4) is 0 Å². The zero-order valence-electron chi connectivity index (χ0n) is 13.5. The third-order valence-electron chi connectivity index (χ3n) is 4.31. The average molecular weight is 295 g/mol. The summed E-state index contributed by atoms with van der Waals surface area (Å²) in [7, 11) is 0. The lowest BCUT2D eigenvalue weighted by molar-refractivity contribution is -0.156. The highest BCUT2D eigenvalue weighted by Crippen LogP contribution is 2.40. The SMILES string of the molecule is CCOC(=O)C1(C(C)C)CCN(c2nc(C(C)C)no2)C1. The Kier molecular flexibility index (Phi) is 4.54. The van der Waals surface area contributed by atoms with Crippen LogP contribution in [-0.4, -0.2) is 35.8 Å². The van der Waals surface area contributed by atoms with Crippen LogP contribution in [0, 0.1) is 11.3 Å². The van der Waals surface area contributed by atoms with Gasteiger partial charge < -0.3 is 14.2 Å². The summed E-state index contributed by atoms with van der Waals surface area (Å²) in [5.74, 6) is 1.01. The fourth-order valence-electron chi connectivity index (χ4n) is 2.73. The van der Waals surface area contributed by atoms with Gasteiger partial charge in [0.1, 0.15) is 0 Å². The molecule has 1 aromatic heterocycles. The Morgan fingerprint density at radius 3 is 2.67 bits per heavy atom. The molecule has 1 aromatic rings. The van der Waals surface area contributed by atoms with E-state index in [0.29, 0.717) is 25.0 Å². The van der Waals surface area contributed by atoms with Crippen molar-refractivity contribution in [1.29, 1.82) is 0 Å². The number of anilines is 1. The van der Waals surface area contributed by atoms with E-state index in [1.54, 1.807) is 0 Å². The summed E-state index contributed by atoms with van der Waals surface area (Å²) >= 11 is 0. The molecule has 0 aromatic carbocycles. The zero-order chi connectivity index (χ0) is 15.6. The Bertz CT molecular complexity index is 498. The highest BCUT2D eigenvalue weighted by atomic mass is 16.5. The number of hydrogen-bond acceptors (Lipinski definition) is 6. The van der Waals surface area contributed by atoms with Crippen molar-refractivity contribution in [2.75, 3.05) is 24.6 Å². The molecular formula is C15H25N3O3. The van der Waals surface area contributed by atoms with Crippen LogP contribution >= 0.6 is 0 Å². The molecule has 0 amide bonds. The Morgan fingerprint density at radius 1 is 1.43 bits per heavy atom. The number of nitrogens with zero attached hydrogens (tertiary/aromatic N) is 3. The summed E-state index contributed by atoms with van der Waals surface area (Å²) in [5, 5.41) is 3.99. The van der Waals surface area contributed by atoms with Crippen molar-refractivity contribution in [2.45, 2.75) is 47.0 Å². The molecule has 1 aliphatic rings. The van der Waals surface area contributed by atoms with Gasteiger partial charge in [0, 0.05) is 19.0 Å². The molecule has 6 heteroatoms. The highest BCUT2D eigenvalue weighted by molar-refractivity contribution is 5.79. The lowest BCUT2D eigenvalue weighted by Crippen LogP contribution is -2.40. The first kappa shape index (κ1) is 15.8. The monoisotopic (exact) mass is 295 g/mol. The van der Waals surface area contributed by atoms with Crippen LogP contribution in [0.15, 0.2) is 4.52 Å². The largest absolute Gasteiger partial charge is 0.466 e. The molecule has 1 atom stereocenters. The van der Waals surface area contributed by atoms with Crippen LogP contribution in [0.1, 0.15) is 52.8 Å². The number of esters is 1. The molecule has 1 aliphatic heterocycles. The van der Waals surface area contributed by atoms with E-state index in [1.165, 1.54) is 0 Å². The average Bonchev–Trinajstić information content (AvgIpc) is 3.06. The lowest BCUT2D eigenvalue weighted by Gasteiger charge is -2.30. The normalized spacial score (nSPS) is 22.3. The summed E-state index contributed by atoms with van der Waals surface area (Å²) in [4.78, 5) is 18.8. The molecule has 21 heavy (non-hydrogen) atoms. The number of carbonyl (C=O) groups excluding carboxylic acids is 1. The highest BCUT2D eigenvalue weighted by Gasteiger charge is 2.49. The van der Waals surface area contributed by atoms with Crippen LogP contribution in [0.2, 0.25) is 0 Å². The topological polar surface area (TPSA) is 68.5 Å².